The number of rotatable bonds is 5. The van der Waals surface area contributed by atoms with Gasteiger partial charge in [-0.05, 0) is 11.8 Å². The number of hydrogen-bond donors (Lipinski definition) is 0. The summed E-state index contributed by atoms with van der Waals surface area (Å²) >= 11 is 0. The predicted octanol–water partition coefficient (Wildman–Crippen LogP) is 3.79. The van der Waals surface area contributed by atoms with Crippen LogP contribution >= 0.6 is 0 Å². The molecule has 0 saturated heterocycles. The van der Waals surface area contributed by atoms with Gasteiger partial charge in [0.05, 0.1) is 6.61 Å². The molecule has 0 aliphatic heterocycles. The first-order chi connectivity index (χ1) is 6.70. The molecule has 0 aromatic heterocycles. The fourth-order valence-electron chi connectivity index (χ4n) is 0.871. The maximum Gasteiger partial charge on any atom is 0.305 e. The van der Waals surface area contributed by atoms with Crippen molar-refractivity contribution in [1.29, 1.82) is 0 Å². The molecule has 2 heteroatoms. The third-order valence-electron chi connectivity index (χ3n) is 3.36. The third-order valence-corrected chi connectivity index (χ3v) is 3.36. The summed E-state index contributed by atoms with van der Waals surface area (Å²) in [7, 11) is 0. The summed E-state index contributed by atoms with van der Waals surface area (Å²) in [5, 5.41) is 0. The zero-order valence-electron chi connectivity index (χ0n) is 11.1. The van der Waals surface area contributed by atoms with Gasteiger partial charge in [-0.25, -0.2) is 0 Å². The lowest BCUT2D eigenvalue weighted by Crippen LogP contribution is -2.35. The quantitative estimate of drug-likeness (QED) is 0.651. The Morgan fingerprint density at radius 1 is 1.13 bits per heavy atom. The number of carbonyl (C=O) groups excluding carboxylic acids is 1. The fourth-order valence-corrected chi connectivity index (χ4v) is 0.871. The molecule has 0 saturated carbocycles. The van der Waals surface area contributed by atoms with Crippen LogP contribution in [0.25, 0.3) is 0 Å². The van der Waals surface area contributed by atoms with Gasteiger partial charge in [-0.15, -0.1) is 0 Å². The van der Waals surface area contributed by atoms with Gasteiger partial charge < -0.3 is 4.74 Å². The minimum atomic E-state index is -0.0609. The van der Waals surface area contributed by atoms with Crippen LogP contribution in [0, 0.1) is 10.8 Å². The summed E-state index contributed by atoms with van der Waals surface area (Å²) in [6, 6.07) is 0. The predicted molar refractivity (Wildman–Crippen MR) is 63.7 cm³/mol. The average Bonchev–Trinajstić information content (AvgIpc) is 2.09. The smallest absolute Gasteiger partial charge is 0.305 e. The van der Waals surface area contributed by atoms with Gasteiger partial charge in [-0.3, -0.25) is 4.79 Å². The normalized spacial score (nSPS) is 12.7. The molecule has 0 N–H and O–H groups in total. The van der Waals surface area contributed by atoms with Crippen LogP contribution in [-0.2, 0) is 9.53 Å². The summed E-state index contributed by atoms with van der Waals surface area (Å²) in [5.74, 6) is -0.0609. The van der Waals surface area contributed by atoms with Crippen molar-refractivity contribution in [3.8, 4) is 0 Å². The standard InChI is InChI=1S/C13H26O2/c1-7-8-9-11(14)15-10-13(5,6)12(2,3)4/h7-10H2,1-6H3. The van der Waals surface area contributed by atoms with Crippen molar-refractivity contribution in [2.45, 2.75) is 60.8 Å². The van der Waals surface area contributed by atoms with Crippen molar-refractivity contribution in [3.63, 3.8) is 0 Å². The Hall–Kier alpha value is -0.530. The summed E-state index contributed by atoms with van der Waals surface area (Å²) < 4.78 is 5.30. The van der Waals surface area contributed by atoms with Crippen LogP contribution in [-0.4, -0.2) is 12.6 Å². The molecule has 0 rings (SSSR count). The van der Waals surface area contributed by atoms with Crippen molar-refractivity contribution in [2.75, 3.05) is 6.61 Å². The van der Waals surface area contributed by atoms with Crippen molar-refractivity contribution < 1.29 is 9.53 Å². The Labute approximate surface area is 94.4 Å². The van der Waals surface area contributed by atoms with Gasteiger partial charge >= 0.3 is 5.97 Å². The molecule has 0 aromatic carbocycles. The largest absolute Gasteiger partial charge is 0.465 e. The Morgan fingerprint density at radius 2 is 1.67 bits per heavy atom. The molecule has 0 unspecified atom stereocenters. The lowest BCUT2D eigenvalue weighted by Gasteiger charge is -2.38. The monoisotopic (exact) mass is 214 g/mol. The molecule has 0 amide bonds. The molecule has 0 aliphatic carbocycles. The lowest BCUT2D eigenvalue weighted by atomic mass is 9.70. The number of carbonyl (C=O) groups is 1. The van der Waals surface area contributed by atoms with Crippen molar-refractivity contribution in [2.24, 2.45) is 10.8 Å². The van der Waals surface area contributed by atoms with E-state index >= 15 is 0 Å². The van der Waals surface area contributed by atoms with E-state index in [1.165, 1.54) is 0 Å². The zero-order chi connectivity index (χ0) is 12.1. The van der Waals surface area contributed by atoms with E-state index in [2.05, 4.69) is 41.5 Å². The molecule has 15 heavy (non-hydrogen) atoms. The second-order valence-corrected chi connectivity index (χ2v) is 5.90. The van der Waals surface area contributed by atoms with Gasteiger partial charge in [0.25, 0.3) is 0 Å². The average molecular weight is 214 g/mol. The molecule has 0 spiro atoms. The SMILES string of the molecule is CCCCC(=O)OCC(C)(C)C(C)(C)C. The van der Waals surface area contributed by atoms with E-state index in [0.717, 1.165) is 12.8 Å². The van der Waals surface area contributed by atoms with E-state index in [1.807, 2.05) is 0 Å². The maximum atomic E-state index is 11.4. The Balaban J connectivity index is 3.99. The van der Waals surface area contributed by atoms with Gasteiger partial charge in [-0.2, -0.15) is 0 Å². The minimum Gasteiger partial charge on any atom is -0.465 e. The van der Waals surface area contributed by atoms with Gasteiger partial charge in [0.1, 0.15) is 0 Å². The van der Waals surface area contributed by atoms with Crippen molar-refractivity contribution in [1.82, 2.24) is 0 Å². The van der Waals surface area contributed by atoms with E-state index in [4.69, 9.17) is 4.74 Å². The first-order valence-corrected chi connectivity index (χ1v) is 5.86. The molecule has 2 nitrogen and oxygen atoms in total. The minimum absolute atomic E-state index is 0.0227. The highest BCUT2D eigenvalue weighted by molar-refractivity contribution is 5.69. The second kappa shape index (κ2) is 5.53. The summed E-state index contributed by atoms with van der Waals surface area (Å²) in [4.78, 5) is 11.4. The maximum absolute atomic E-state index is 11.4. The highest BCUT2D eigenvalue weighted by Gasteiger charge is 2.33. The molecular weight excluding hydrogens is 188 g/mol. The van der Waals surface area contributed by atoms with Gasteiger partial charge in [0.2, 0.25) is 0 Å². The number of unbranched alkanes of at least 4 members (excludes halogenated alkanes) is 1. The lowest BCUT2D eigenvalue weighted by molar-refractivity contribution is -0.149. The summed E-state index contributed by atoms with van der Waals surface area (Å²) in [5.41, 5.74) is 0.174. The molecule has 90 valence electrons. The highest BCUT2D eigenvalue weighted by atomic mass is 16.5. The number of ether oxygens (including phenoxy) is 1. The van der Waals surface area contributed by atoms with Crippen LogP contribution in [0.2, 0.25) is 0 Å². The first kappa shape index (κ1) is 14.5. The molecule has 0 heterocycles. The van der Waals surface area contributed by atoms with Crippen LogP contribution in [0.4, 0.5) is 0 Å². The topological polar surface area (TPSA) is 26.3 Å². The Kier molecular flexibility index (Phi) is 5.33. The van der Waals surface area contributed by atoms with E-state index in [0.29, 0.717) is 13.0 Å². The van der Waals surface area contributed by atoms with Crippen LogP contribution < -0.4 is 0 Å². The Morgan fingerprint density at radius 3 is 2.07 bits per heavy atom. The molecule has 0 bridgehead atoms. The van der Waals surface area contributed by atoms with Crippen LogP contribution in [0.15, 0.2) is 0 Å². The van der Waals surface area contributed by atoms with E-state index in [-0.39, 0.29) is 16.8 Å². The van der Waals surface area contributed by atoms with Crippen LogP contribution in [0.5, 0.6) is 0 Å². The molecule has 0 radical (unpaired) electrons. The second-order valence-electron chi connectivity index (χ2n) is 5.90. The summed E-state index contributed by atoms with van der Waals surface area (Å²) in [6.07, 6.45) is 2.52. The molecule has 0 fully saturated rings. The fraction of sp³-hybridized carbons (Fsp3) is 0.923. The summed E-state index contributed by atoms with van der Waals surface area (Å²) in [6.45, 7) is 13.4. The third kappa shape index (κ3) is 5.19. The zero-order valence-corrected chi connectivity index (χ0v) is 11.1. The van der Waals surface area contributed by atoms with E-state index in [9.17, 15) is 4.79 Å². The first-order valence-electron chi connectivity index (χ1n) is 5.86. The van der Waals surface area contributed by atoms with Gasteiger partial charge in [0.15, 0.2) is 0 Å². The molecule has 0 atom stereocenters. The van der Waals surface area contributed by atoms with Crippen LogP contribution in [0.1, 0.15) is 60.8 Å². The van der Waals surface area contributed by atoms with Crippen molar-refractivity contribution in [3.05, 3.63) is 0 Å². The number of esters is 1. The van der Waals surface area contributed by atoms with E-state index in [1.54, 1.807) is 0 Å². The molecule has 0 aliphatic rings. The van der Waals surface area contributed by atoms with Crippen molar-refractivity contribution >= 4 is 5.97 Å². The highest BCUT2D eigenvalue weighted by Crippen LogP contribution is 2.37. The van der Waals surface area contributed by atoms with Gasteiger partial charge in [0, 0.05) is 11.8 Å². The number of hydrogen-bond acceptors (Lipinski definition) is 2. The van der Waals surface area contributed by atoms with Gasteiger partial charge in [-0.1, -0.05) is 48.0 Å². The molecule has 0 aromatic rings. The Bertz CT molecular complexity index is 199. The van der Waals surface area contributed by atoms with Crippen LogP contribution in [0.3, 0.4) is 0 Å². The molecular formula is C13H26O2. The van der Waals surface area contributed by atoms with E-state index < -0.39 is 0 Å².